The number of fused-ring (bicyclic) bond motifs is 1. The highest BCUT2D eigenvalue weighted by Gasteiger charge is 2.20. The predicted molar refractivity (Wildman–Crippen MR) is 105 cm³/mol. The molecule has 2 aromatic rings. The number of aromatic amines is 1. The smallest absolute Gasteiger partial charge is 0.317 e. The van der Waals surface area contributed by atoms with Crippen molar-refractivity contribution in [2.45, 2.75) is 32.7 Å². The van der Waals surface area contributed by atoms with Crippen molar-refractivity contribution in [3.63, 3.8) is 0 Å². The van der Waals surface area contributed by atoms with Gasteiger partial charge in [0.2, 0.25) is 0 Å². The molecule has 1 aliphatic rings. The van der Waals surface area contributed by atoms with Gasteiger partial charge in [0.15, 0.2) is 0 Å². The molecule has 1 saturated heterocycles. The molecule has 1 aromatic heterocycles. The zero-order valence-corrected chi connectivity index (χ0v) is 16.4. The number of H-pyrrole nitrogens is 1. The summed E-state index contributed by atoms with van der Waals surface area (Å²) in [6.45, 7) is 6.81. The molecule has 142 valence electrons. The Morgan fingerprint density at radius 2 is 2.35 bits per heavy atom. The number of carbonyl (C=O) groups is 1. The SMILES string of the molecule is CCCN1CCCC(CNC(=O)N(C)Cc2nc3ccc(Cl)cc3[nH]2)C1. The summed E-state index contributed by atoms with van der Waals surface area (Å²) in [6.07, 6.45) is 3.59. The average Bonchev–Trinajstić information content (AvgIpc) is 3.01. The lowest BCUT2D eigenvalue weighted by Gasteiger charge is -2.32. The molecule has 2 heterocycles. The average molecular weight is 378 g/mol. The minimum absolute atomic E-state index is 0.0592. The van der Waals surface area contributed by atoms with Crippen LogP contribution in [0.4, 0.5) is 4.79 Å². The number of imidazole rings is 1. The fraction of sp³-hybridized carbons (Fsp3) is 0.579. The summed E-state index contributed by atoms with van der Waals surface area (Å²) in [5, 5.41) is 3.75. The zero-order chi connectivity index (χ0) is 18.5. The predicted octanol–water partition coefficient (Wildman–Crippen LogP) is 3.48. The summed E-state index contributed by atoms with van der Waals surface area (Å²) in [5.41, 5.74) is 1.75. The Hall–Kier alpha value is -1.79. The monoisotopic (exact) mass is 377 g/mol. The molecule has 0 saturated carbocycles. The van der Waals surface area contributed by atoms with E-state index in [2.05, 4.69) is 27.1 Å². The van der Waals surface area contributed by atoms with Crippen LogP contribution in [0, 0.1) is 5.92 Å². The first kappa shape index (κ1) is 19.0. The largest absolute Gasteiger partial charge is 0.340 e. The fourth-order valence-corrected chi connectivity index (χ4v) is 3.78. The zero-order valence-electron chi connectivity index (χ0n) is 15.6. The Bertz CT molecular complexity index is 745. The quantitative estimate of drug-likeness (QED) is 0.810. The Morgan fingerprint density at radius 1 is 1.50 bits per heavy atom. The molecule has 0 spiro atoms. The van der Waals surface area contributed by atoms with Gasteiger partial charge in [-0.2, -0.15) is 0 Å². The van der Waals surface area contributed by atoms with Crippen molar-refractivity contribution in [1.29, 1.82) is 0 Å². The number of carbonyl (C=O) groups excluding carboxylic acids is 1. The molecule has 1 atom stereocenters. The molecule has 1 aliphatic heterocycles. The van der Waals surface area contributed by atoms with Crippen LogP contribution >= 0.6 is 11.6 Å². The molecule has 26 heavy (non-hydrogen) atoms. The van der Waals surface area contributed by atoms with Crippen molar-refractivity contribution >= 4 is 28.7 Å². The molecule has 0 aliphatic carbocycles. The van der Waals surface area contributed by atoms with E-state index in [0.29, 0.717) is 17.5 Å². The van der Waals surface area contributed by atoms with Gasteiger partial charge in [0, 0.05) is 25.2 Å². The first-order valence-electron chi connectivity index (χ1n) is 9.40. The van der Waals surface area contributed by atoms with Crippen molar-refractivity contribution in [3.05, 3.63) is 29.0 Å². The first-order valence-corrected chi connectivity index (χ1v) is 9.78. The van der Waals surface area contributed by atoms with E-state index < -0.39 is 0 Å². The normalized spacial score (nSPS) is 18.2. The maximum absolute atomic E-state index is 12.4. The molecule has 6 nitrogen and oxygen atoms in total. The Labute approximate surface area is 159 Å². The van der Waals surface area contributed by atoms with Crippen LogP contribution in [0.2, 0.25) is 5.02 Å². The topological polar surface area (TPSA) is 64.3 Å². The van der Waals surface area contributed by atoms with Crippen molar-refractivity contribution in [1.82, 2.24) is 25.1 Å². The van der Waals surface area contributed by atoms with Crippen molar-refractivity contribution < 1.29 is 4.79 Å². The highest BCUT2D eigenvalue weighted by Crippen LogP contribution is 2.18. The van der Waals surface area contributed by atoms with Crippen LogP contribution < -0.4 is 5.32 Å². The molecule has 7 heteroatoms. The van der Waals surface area contributed by atoms with Crippen LogP contribution in [0.15, 0.2) is 18.2 Å². The van der Waals surface area contributed by atoms with E-state index in [1.807, 2.05) is 18.2 Å². The molecule has 2 N–H and O–H groups in total. The van der Waals surface area contributed by atoms with E-state index in [1.54, 1.807) is 11.9 Å². The molecular formula is C19H28ClN5O. The van der Waals surface area contributed by atoms with Gasteiger partial charge in [0.25, 0.3) is 0 Å². The number of hydrogen-bond donors (Lipinski definition) is 2. The molecule has 3 rings (SSSR count). The van der Waals surface area contributed by atoms with E-state index in [-0.39, 0.29) is 6.03 Å². The van der Waals surface area contributed by atoms with Gasteiger partial charge in [-0.15, -0.1) is 0 Å². The van der Waals surface area contributed by atoms with Gasteiger partial charge >= 0.3 is 6.03 Å². The van der Waals surface area contributed by atoms with Crippen LogP contribution in [-0.2, 0) is 6.54 Å². The van der Waals surface area contributed by atoms with Crippen molar-refractivity contribution in [2.75, 3.05) is 33.2 Å². The van der Waals surface area contributed by atoms with Gasteiger partial charge in [-0.25, -0.2) is 9.78 Å². The van der Waals surface area contributed by atoms with Crippen LogP contribution in [0.1, 0.15) is 32.0 Å². The summed E-state index contributed by atoms with van der Waals surface area (Å²) in [5.74, 6) is 1.30. The van der Waals surface area contributed by atoms with Crippen molar-refractivity contribution in [2.24, 2.45) is 5.92 Å². The van der Waals surface area contributed by atoms with E-state index in [1.165, 1.54) is 25.8 Å². The lowest BCUT2D eigenvalue weighted by molar-refractivity contribution is 0.167. The number of urea groups is 1. The standard InChI is InChI=1S/C19H28ClN5O/c1-3-8-25-9-4-5-14(12-25)11-21-19(26)24(2)13-18-22-16-7-6-15(20)10-17(16)23-18/h6-7,10,14H,3-5,8-9,11-13H2,1-2H3,(H,21,26)(H,22,23). The van der Waals surface area contributed by atoms with Gasteiger partial charge in [-0.3, -0.25) is 0 Å². The van der Waals surface area contributed by atoms with Gasteiger partial charge in [0.1, 0.15) is 5.82 Å². The summed E-state index contributed by atoms with van der Waals surface area (Å²) >= 11 is 6.00. The maximum atomic E-state index is 12.4. The third-order valence-electron chi connectivity index (χ3n) is 4.91. The molecular weight excluding hydrogens is 350 g/mol. The third kappa shape index (κ3) is 4.89. The lowest BCUT2D eigenvalue weighted by Crippen LogP contribution is -2.44. The van der Waals surface area contributed by atoms with Crippen LogP contribution in [0.25, 0.3) is 11.0 Å². The third-order valence-corrected chi connectivity index (χ3v) is 5.15. The van der Waals surface area contributed by atoms with Crippen molar-refractivity contribution in [3.8, 4) is 0 Å². The number of benzene rings is 1. The number of likely N-dealkylation sites (tertiary alicyclic amines) is 1. The molecule has 0 bridgehead atoms. The lowest BCUT2D eigenvalue weighted by atomic mass is 9.98. The number of hydrogen-bond acceptors (Lipinski definition) is 3. The van der Waals surface area contributed by atoms with E-state index >= 15 is 0 Å². The molecule has 2 amide bonds. The summed E-state index contributed by atoms with van der Waals surface area (Å²) in [4.78, 5) is 24.3. The minimum atomic E-state index is -0.0592. The number of rotatable bonds is 6. The molecule has 1 fully saturated rings. The fourth-order valence-electron chi connectivity index (χ4n) is 3.61. The number of nitrogens with one attached hydrogen (secondary N) is 2. The second-order valence-electron chi connectivity index (χ2n) is 7.20. The number of amides is 2. The van der Waals surface area contributed by atoms with Crippen LogP contribution in [0.5, 0.6) is 0 Å². The number of nitrogens with zero attached hydrogens (tertiary/aromatic N) is 3. The number of aromatic nitrogens is 2. The summed E-state index contributed by atoms with van der Waals surface area (Å²) < 4.78 is 0. The highest BCUT2D eigenvalue weighted by atomic mass is 35.5. The van der Waals surface area contributed by atoms with Gasteiger partial charge in [-0.05, 0) is 56.5 Å². The summed E-state index contributed by atoms with van der Waals surface area (Å²) in [6, 6.07) is 5.48. The summed E-state index contributed by atoms with van der Waals surface area (Å²) in [7, 11) is 1.79. The Balaban J connectivity index is 1.49. The number of halogens is 1. The Morgan fingerprint density at radius 3 is 3.15 bits per heavy atom. The second kappa shape index (κ2) is 8.73. The maximum Gasteiger partial charge on any atom is 0.317 e. The van der Waals surface area contributed by atoms with E-state index in [4.69, 9.17) is 11.6 Å². The van der Waals surface area contributed by atoms with E-state index in [9.17, 15) is 4.79 Å². The number of piperidine rings is 1. The van der Waals surface area contributed by atoms with E-state index in [0.717, 1.165) is 36.5 Å². The second-order valence-corrected chi connectivity index (χ2v) is 7.63. The van der Waals surface area contributed by atoms with Crippen LogP contribution in [-0.4, -0.2) is 59.0 Å². The molecule has 1 aromatic carbocycles. The van der Waals surface area contributed by atoms with Crippen LogP contribution in [0.3, 0.4) is 0 Å². The van der Waals surface area contributed by atoms with Gasteiger partial charge < -0.3 is 20.1 Å². The highest BCUT2D eigenvalue weighted by molar-refractivity contribution is 6.31. The molecule has 0 radical (unpaired) electrons. The minimum Gasteiger partial charge on any atom is -0.340 e. The van der Waals surface area contributed by atoms with Gasteiger partial charge in [0.05, 0.1) is 17.6 Å². The Kier molecular flexibility index (Phi) is 6.38. The van der Waals surface area contributed by atoms with Gasteiger partial charge in [-0.1, -0.05) is 18.5 Å². The first-order chi connectivity index (χ1) is 12.5. The molecule has 1 unspecified atom stereocenters.